The van der Waals surface area contributed by atoms with E-state index >= 15 is 0 Å². The smallest absolute Gasteiger partial charge is 0.191 e. The van der Waals surface area contributed by atoms with Crippen LogP contribution >= 0.6 is 24.0 Å². The van der Waals surface area contributed by atoms with E-state index in [-0.39, 0.29) is 30.0 Å². The SMILES string of the molecule is CCOc1ccc(C(C)NC(=NC)NCc2cc(C)oc2C)cc1OCC.I. The standard InChI is InChI=1S/C21H31N3O3.HI/c1-7-25-19-10-9-17(12-20(19)26-8-2)15(4)24-21(22-6)23-13-18-11-14(3)27-16(18)5;/h9-12,15H,7-8,13H2,1-6H3,(H2,22,23,24);1H. The Labute approximate surface area is 185 Å². The molecule has 1 atom stereocenters. The monoisotopic (exact) mass is 501 g/mol. The minimum absolute atomic E-state index is 0. The first-order valence-electron chi connectivity index (χ1n) is 9.41. The maximum Gasteiger partial charge on any atom is 0.191 e. The molecule has 0 aliphatic heterocycles. The van der Waals surface area contributed by atoms with E-state index in [1.165, 1.54) is 0 Å². The summed E-state index contributed by atoms with van der Waals surface area (Å²) in [4.78, 5) is 4.32. The molecule has 1 aromatic carbocycles. The number of aryl methyl sites for hydroxylation is 2. The van der Waals surface area contributed by atoms with E-state index in [0.29, 0.717) is 19.8 Å². The molecule has 1 unspecified atom stereocenters. The number of ether oxygens (including phenoxy) is 2. The maximum atomic E-state index is 5.72. The van der Waals surface area contributed by atoms with Crippen molar-refractivity contribution in [1.82, 2.24) is 10.6 Å². The second kappa shape index (κ2) is 11.8. The summed E-state index contributed by atoms with van der Waals surface area (Å²) in [5, 5.41) is 6.75. The van der Waals surface area contributed by atoms with Crippen LogP contribution in [0.25, 0.3) is 0 Å². The van der Waals surface area contributed by atoms with Crippen LogP contribution in [0.15, 0.2) is 33.7 Å². The molecule has 0 saturated carbocycles. The van der Waals surface area contributed by atoms with Crippen LogP contribution in [0.3, 0.4) is 0 Å². The fourth-order valence-electron chi connectivity index (χ4n) is 2.86. The molecular formula is C21H32IN3O3. The van der Waals surface area contributed by atoms with E-state index in [9.17, 15) is 0 Å². The molecular weight excluding hydrogens is 469 g/mol. The lowest BCUT2D eigenvalue weighted by atomic mass is 10.1. The largest absolute Gasteiger partial charge is 0.490 e. The fourth-order valence-corrected chi connectivity index (χ4v) is 2.86. The zero-order chi connectivity index (χ0) is 19.8. The van der Waals surface area contributed by atoms with Gasteiger partial charge in [0, 0.05) is 19.2 Å². The van der Waals surface area contributed by atoms with Gasteiger partial charge in [0.1, 0.15) is 11.5 Å². The summed E-state index contributed by atoms with van der Waals surface area (Å²) in [5.41, 5.74) is 2.22. The fraction of sp³-hybridized carbons (Fsp3) is 0.476. The highest BCUT2D eigenvalue weighted by atomic mass is 127. The van der Waals surface area contributed by atoms with Crippen molar-refractivity contribution < 1.29 is 13.9 Å². The van der Waals surface area contributed by atoms with Crippen molar-refractivity contribution in [3.8, 4) is 11.5 Å². The second-order valence-corrected chi connectivity index (χ2v) is 6.30. The summed E-state index contributed by atoms with van der Waals surface area (Å²) in [6, 6.07) is 8.11. The molecule has 0 radical (unpaired) electrons. The first kappa shape index (κ1) is 24.1. The van der Waals surface area contributed by atoms with E-state index in [1.54, 1.807) is 7.05 Å². The highest BCUT2D eigenvalue weighted by Gasteiger charge is 2.13. The molecule has 156 valence electrons. The van der Waals surface area contributed by atoms with Gasteiger partial charge >= 0.3 is 0 Å². The number of benzene rings is 1. The maximum absolute atomic E-state index is 5.72. The van der Waals surface area contributed by atoms with Gasteiger partial charge in [-0.15, -0.1) is 24.0 Å². The van der Waals surface area contributed by atoms with Gasteiger partial charge in [0.05, 0.1) is 19.3 Å². The Morgan fingerprint density at radius 3 is 2.36 bits per heavy atom. The summed E-state index contributed by atoms with van der Waals surface area (Å²) in [6.07, 6.45) is 0. The van der Waals surface area contributed by atoms with Crippen LogP contribution in [0.1, 0.15) is 49.5 Å². The number of rotatable bonds is 8. The van der Waals surface area contributed by atoms with E-state index in [0.717, 1.165) is 40.1 Å². The minimum atomic E-state index is 0. The van der Waals surface area contributed by atoms with Gasteiger partial charge in [0.25, 0.3) is 0 Å². The van der Waals surface area contributed by atoms with Gasteiger partial charge in [-0.2, -0.15) is 0 Å². The quantitative estimate of drug-likeness (QED) is 0.311. The molecule has 0 saturated heterocycles. The molecule has 28 heavy (non-hydrogen) atoms. The molecule has 2 rings (SSSR count). The van der Waals surface area contributed by atoms with Crippen molar-refractivity contribution >= 4 is 29.9 Å². The van der Waals surface area contributed by atoms with Gasteiger partial charge in [-0.25, -0.2) is 0 Å². The van der Waals surface area contributed by atoms with Gasteiger partial charge in [-0.05, 0) is 58.4 Å². The van der Waals surface area contributed by atoms with Crippen molar-refractivity contribution in [3.05, 3.63) is 46.9 Å². The average Bonchev–Trinajstić information content (AvgIpc) is 2.97. The van der Waals surface area contributed by atoms with Crippen molar-refractivity contribution in [2.75, 3.05) is 20.3 Å². The highest BCUT2D eigenvalue weighted by molar-refractivity contribution is 14.0. The number of hydrogen-bond acceptors (Lipinski definition) is 4. The molecule has 2 aromatic rings. The normalized spacial score (nSPS) is 12.1. The second-order valence-electron chi connectivity index (χ2n) is 6.30. The number of aliphatic imine (C=N–C) groups is 1. The first-order chi connectivity index (χ1) is 13.0. The lowest BCUT2D eigenvalue weighted by molar-refractivity contribution is 0.287. The van der Waals surface area contributed by atoms with Gasteiger partial charge in [0.15, 0.2) is 17.5 Å². The van der Waals surface area contributed by atoms with Crippen molar-refractivity contribution in [2.24, 2.45) is 4.99 Å². The van der Waals surface area contributed by atoms with Crippen LogP contribution in [-0.2, 0) is 6.54 Å². The number of furan rings is 1. The van der Waals surface area contributed by atoms with E-state index in [4.69, 9.17) is 13.9 Å². The van der Waals surface area contributed by atoms with Crippen LogP contribution in [0.4, 0.5) is 0 Å². The minimum Gasteiger partial charge on any atom is -0.490 e. The topological polar surface area (TPSA) is 68.0 Å². The number of nitrogens with one attached hydrogen (secondary N) is 2. The molecule has 6 nitrogen and oxygen atoms in total. The number of halogens is 1. The van der Waals surface area contributed by atoms with Crippen LogP contribution < -0.4 is 20.1 Å². The van der Waals surface area contributed by atoms with Crippen LogP contribution in [0.5, 0.6) is 11.5 Å². The number of nitrogens with zero attached hydrogens (tertiary/aromatic N) is 1. The number of hydrogen-bond donors (Lipinski definition) is 2. The Balaban J connectivity index is 0.00000392. The van der Waals surface area contributed by atoms with E-state index < -0.39 is 0 Å². The molecule has 0 bridgehead atoms. The van der Waals surface area contributed by atoms with Crippen molar-refractivity contribution in [2.45, 2.75) is 47.2 Å². The first-order valence-corrected chi connectivity index (χ1v) is 9.41. The Morgan fingerprint density at radius 2 is 1.79 bits per heavy atom. The lowest BCUT2D eigenvalue weighted by Gasteiger charge is -2.20. The third-order valence-electron chi connectivity index (χ3n) is 4.23. The van der Waals surface area contributed by atoms with Crippen LogP contribution in [0.2, 0.25) is 0 Å². The van der Waals surface area contributed by atoms with Gasteiger partial charge in [0.2, 0.25) is 0 Å². The van der Waals surface area contributed by atoms with Gasteiger partial charge in [-0.1, -0.05) is 6.07 Å². The zero-order valence-electron chi connectivity index (χ0n) is 17.6. The van der Waals surface area contributed by atoms with Crippen LogP contribution in [-0.4, -0.2) is 26.2 Å². The highest BCUT2D eigenvalue weighted by Crippen LogP contribution is 2.30. The Bertz CT molecular complexity index is 774. The van der Waals surface area contributed by atoms with Crippen molar-refractivity contribution in [1.29, 1.82) is 0 Å². The van der Waals surface area contributed by atoms with Gasteiger partial charge < -0.3 is 24.5 Å². The summed E-state index contributed by atoms with van der Waals surface area (Å²) in [5.74, 6) is 4.10. The number of guanidine groups is 1. The molecule has 0 fully saturated rings. The molecule has 0 aliphatic rings. The lowest BCUT2D eigenvalue weighted by Crippen LogP contribution is -2.38. The van der Waals surface area contributed by atoms with Gasteiger partial charge in [-0.3, -0.25) is 4.99 Å². The summed E-state index contributed by atoms with van der Waals surface area (Å²) in [6.45, 7) is 11.8. The predicted molar refractivity (Wildman–Crippen MR) is 124 cm³/mol. The molecule has 0 spiro atoms. The summed E-state index contributed by atoms with van der Waals surface area (Å²) >= 11 is 0. The predicted octanol–water partition coefficient (Wildman–Crippen LogP) is 4.74. The summed E-state index contributed by atoms with van der Waals surface area (Å²) in [7, 11) is 1.76. The molecule has 0 aliphatic carbocycles. The van der Waals surface area contributed by atoms with E-state index in [2.05, 4.69) is 22.5 Å². The van der Waals surface area contributed by atoms with Crippen molar-refractivity contribution in [3.63, 3.8) is 0 Å². The molecule has 0 amide bonds. The molecule has 7 heteroatoms. The molecule has 2 N–H and O–H groups in total. The third kappa shape index (κ3) is 6.61. The third-order valence-corrected chi connectivity index (χ3v) is 4.23. The summed E-state index contributed by atoms with van der Waals surface area (Å²) < 4.78 is 16.9. The Morgan fingerprint density at radius 1 is 1.11 bits per heavy atom. The molecule has 1 aromatic heterocycles. The molecule has 1 heterocycles. The van der Waals surface area contributed by atoms with Crippen LogP contribution in [0, 0.1) is 13.8 Å². The Kier molecular flexibility index (Phi) is 10.2. The Hall–Kier alpha value is -1.90. The average molecular weight is 501 g/mol. The zero-order valence-corrected chi connectivity index (χ0v) is 19.9. The van der Waals surface area contributed by atoms with E-state index in [1.807, 2.05) is 52.0 Å².